The maximum absolute atomic E-state index is 12.7. The predicted octanol–water partition coefficient (Wildman–Crippen LogP) is 4.05. The number of ether oxygens (including phenoxy) is 1. The minimum atomic E-state index is -4.04. The lowest BCUT2D eigenvalue weighted by Crippen LogP contribution is -2.21. The molecule has 0 radical (unpaired) electrons. The lowest BCUT2D eigenvalue weighted by Gasteiger charge is -2.14. The highest BCUT2D eigenvalue weighted by molar-refractivity contribution is 7.92. The van der Waals surface area contributed by atoms with Crippen LogP contribution in [0.25, 0.3) is 0 Å². The molecule has 10 nitrogen and oxygen atoms in total. The largest absolute Gasteiger partial charge is 0.497 e. The van der Waals surface area contributed by atoms with Gasteiger partial charge in [-0.25, -0.2) is 13.2 Å². The van der Waals surface area contributed by atoms with Gasteiger partial charge in [0.2, 0.25) is 0 Å². The number of nitrogens with zero attached hydrogens (tertiary/aromatic N) is 1. The third-order valence-electron chi connectivity index (χ3n) is 4.13. The second-order valence-corrected chi connectivity index (χ2v) is 7.89. The van der Waals surface area contributed by atoms with Gasteiger partial charge in [0, 0.05) is 17.8 Å². The molecule has 0 saturated heterocycles. The summed E-state index contributed by atoms with van der Waals surface area (Å²) in [6.07, 6.45) is 0. The van der Waals surface area contributed by atoms with E-state index in [0.29, 0.717) is 11.4 Å². The lowest BCUT2D eigenvalue weighted by atomic mass is 10.3. The topological polar surface area (TPSA) is 140 Å². The highest BCUT2D eigenvalue weighted by Gasteiger charge is 2.18. The summed E-state index contributed by atoms with van der Waals surface area (Å²) >= 11 is 0. The summed E-state index contributed by atoms with van der Waals surface area (Å²) in [6.45, 7) is 0. The first kappa shape index (κ1) is 21.6. The Hall–Kier alpha value is -4.12. The van der Waals surface area contributed by atoms with Gasteiger partial charge in [-0.05, 0) is 48.5 Å². The summed E-state index contributed by atoms with van der Waals surface area (Å²) in [4.78, 5) is 22.3. The summed E-state index contributed by atoms with van der Waals surface area (Å²) in [5.74, 6) is 0.636. The molecule has 3 aromatic rings. The van der Waals surface area contributed by atoms with Gasteiger partial charge in [0.25, 0.3) is 15.7 Å². The van der Waals surface area contributed by atoms with E-state index in [-0.39, 0.29) is 22.0 Å². The van der Waals surface area contributed by atoms with Crippen LogP contribution >= 0.6 is 0 Å². The number of rotatable bonds is 7. The van der Waals surface area contributed by atoms with Crippen molar-refractivity contribution in [2.24, 2.45) is 0 Å². The van der Waals surface area contributed by atoms with E-state index in [1.54, 1.807) is 36.4 Å². The molecule has 11 heteroatoms. The first-order chi connectivity index (χ1) is 14.8. The number of methoxy groups -OCH3 is 1. The van der Waals surface area contributed by atoms with E-state index >= 15 is 0 Å². The average Bonchev–Trinajstić information content (AvgIpc) is 2.75. The van der Waals surface area contributed by atoms with Gasteiger partial charge in [-0.15, -0.1) is 0 Å². The highest BCUT2D eigenvalue weighted by atomic mass is 32.2. The van der Waals surface area contributed by atoms with Crippen molar-refractivity contribution < 1.29 is 22.9 Å². The van der Waals surface area contributed by atoms with Crippen LogP contribution in [0.4, 0.5) is 27.5 Å². The van der Waals surface area contributed by atoms with Crippen molar-refractivity contribution in [3.63, 3.8) is 0 Å². The van der Waals surface area contributed by atoms with Gasteiger partial charge in [-0.2, -0.15) is 0 Å². The number of carbonyl (C=O) groups is 1. The molecular formula is C20H18N4O6S. The van der Waals surface area contributed by atoms with Crippen LogP contribution in [0, 0.1) is 10.1 Å². The summed E-state index contributed by atoms with van der Waals surface area (Å²) in [7, 11) is -2.51. The Morgan fingerprint density at radius 3 is 2.10 bits per heavy atom. The number of benzene rings is 3. The van der Waals surface area contributed by atoms with Gasteiger partial charge in [-0.1, -0.05) is 12.1 Å². The molecule has 0 atom stereocenters. The molecule has 0 bridgehead atoms. The standard InChI is InChI=1S/C20H18N4O6S/c1-30-16-10-6-14(7-11-16)21-20(25)22-18-4-2-3-5-19(18)23-31(28,29)17-12-8-15(9-13-17)24(26)27/h2-13,23H,1H3,(H2,21,22,25). The number of urea groups is 1. The van der Waals surface area contributed by atoms with E-state index in [4.69, 9.17) is 4.74 Å². The third kappa shape index (κ3) is 5.48. The van der Waals surface area contributed by atoms with Crippen molar-refractivity contribution in [2.45, 2.75) is 4.90 Å². The van der Waals surface area contributed by atoms with Crippen molar-refractivity contribution in [1.29, 1.82) is 0 Å². The van der Waals surface area contributed by atoms with Crippen molar-refractivity contribution in [2.75, 3.05) is 22.5 Å². The molecule has 160 valence electrons. The predicted molar refractivity (Wildman–Crippen MR) is 116 cm³/mol. The molecule has 2 amide bonds. The normalized spacial score (nSPS) is 10.7. The number of para-hydroxylation sites is 2. The molecule has 0 aliphatic heterocycles. The second-order valence-electron chi connectivity index (χ2n) is 6.21. The zero-order valence-electron chi connectivity index (χ0n) is 16.2. The quantitative estimate of drug-likeness (QED) is 0.373. The van der Waals surface area contributed by atoms with Crippen LogP contribution in [0.2, 0.25) is 0 Å². The molecule has 31 heavy (non-hydrogen) atoms. The molecule has 3 aromatic carbocycles. The van der Waals surface area contributed by atoms with Crippen molar-refractivity contribution in [3.8, 4) is 5.75 Å². The highest BCUT2D eigenvalue weighted by Crippen LogP contribution is 2.25. The molecule has 0 aromatic heterocycles. The molecule has 0 spiro atoms. The van der Waals surface area contributed by atoms with Gasteiger partial charge in [-0.3, -0.25) is 14.8 Å². The fourth-order valence-electron chi connectivity index (χ4n) is 2.59. The van der Waals surface area contributed by atoms with Crippen LogP contribution in [0.15, 0.2) is 77.7 Å². The maximum atomic E-state index is 12.7. The van der Waals surface area contributed by atoms with E-state index < -0.39 is 21.0 Å². The van der Waals surface area contributed by atoms with E-state index in [1.807, 2.05) is 0 Å². The van der Waals surface area contributed by atoms with Gasteiger partial charge < -0.3 is 15.4 Å². The van der Waals surface area contributed by atoms with E-state index in [2.05, 4.69) is 15.4 Å². The summed E-state index contributed by atoms with van der Waals surface area (Å²) in [6, 6.07) is 16.8. The SMILES string of the molecule is COc1ccc(NC(=O)Nc2ccccc2NS(=O)(=O)c2ccc([N+](=O)[O-])cc2)cc1. The number of anilines is 3. The number of nitro benzene ring substituents is 1. The number of hydrogen-bond donors (Lipinski definition) is 3. The Morgan fingerprint density at radius 2 is 1.52 bits per heavy atom. The van der Waals surface area contributed by atoms with E-state index in [0.717, 1.165) is 24.3 Å². The smallest absolute Gasteiger partial charge is 0.323 e. The second kappa shape index (κ2) is 9.13. The number of non-ortho nitro benzene ring substituents is 1. The average molecular weight is 442 g/mol. The molecule has 0 aliphatic carbocycles. The maximum Gasteiger partial charge on any atom is 0.323 e. The molecule has 0 fully saturated rings. The molecule has 3 rings (SSSR count). The Balaban J connectivity index is 1.74. The fourth-order valence-corrected chi connectivity index (χ4v) is 3.67. The first-order valence-electron chi connectivity index (χ1n) is 8.87. The molecule has 0 aliphatic rings. The van der Waals surface area contributed by atoms with E-state index in [1.165, 1.54) is 19.2 Å². The third-order valence-corrected chi connectivity index (χ3v) is 5.51. The number of sulfonamides is 1. The summed E-state index contributed by atoms with van der Waals surface area (Å²) in [5.41, 5.74) is 0.642. The fraction of sp³-hybridized carbons (Fsp3) is 0.0500. The molecule has 0 heterocycles. The van der Waals surface area contributed by atoms with Crippen LogP contribution in [-0.2, 0) is 10.0 Å². The summed E-state index contributed by atoms with van der Waals surface area (Å²) in [5, 5.41) is 16.0. The Labute approximate surface area is 178 Å². The lowest BCUT2D eigenvalue weighted by molar-refractivity contribution is -0.384. The van der Waals surface area contributed by atoms with Crippen LogP contribution in [0.3, 0.4) is 0 Å². The van der Waals surface area contributed by atoms with Crippen LogP contribution in [0.5, 0.6) is 5.75 Å². The van der Waals surface area contributed by atoms with Crippen LogP contribution in [0.1, 0.15) is 0 Å². The number of hydrogen-bond acceptors (Lipinski definition) is 6. The zero-order valence-corrected chi connectivity index (χ0v) is 17.0. The van der Waals surface area contributed by atoms with Gasteiger partial charge in [0.15, 0.2) is 0 Å². The van der Waals surface area contributed by atoms with Gasteiger partial charge in [0.1, 0.15) is 5.75 Å². The summed E-state index contributed by atoms with van der Waals surface area (Å²) < 4.78 is 32.7. The molecule has 3 N–H and O–H groups in total. The number of nitro groups is 1. The van der Waals surface area contributed by atoms with Crippen LogP contribution < -0.4 is 20.1 Å². The van der Waals surface area contributed by atoms with Crippen molar-refractivity contribution in [3.05, 3.63) is 82.9 Å². The Bertz CT molecular complexity index is 1200. The zero-order chi connectivity index (χ0) is 22.4. The minimum absolute atomic E-state index is 0.130. The molecule has 0 saturated carbocycles. The number of amides is 2. The van der Waals surface area contributed by atoms with Crippen molar-refractivity contribution in [1.82, 2.24) is 0 Å². The van der Waals surface area contributed by atoms with Crippen LogP contribution in [-0.4, -0.2) is 26.5 Å². The first-order valence-corrected chi connectivity index (χ1v) is 10.4. The van der Waals surface area contributed by atoms with Gasteiger partial charge in [0.05, 0.1) is 28.3 Å². The van der Waals surface area contributed by atoms with E-state index in [9.17, 15) is 23.3 Å². The molecular weight excluding hydrogens is 424 g/mol. The number of carbonyl (C=O) groups excluding carboxylic acids is 1. The van der Waals surface area contributed by atoms with Crippen molar-refractivity contribution >= 4 is 38.8 Å². The van der Waals surface area contributed by atoms with Gasteiger partial charge >= 0.3 is 6.03 Å². The molecule has 0 unspecified atom stereocenters. The minimum Gasteiger partial charge on any atom is -0.497 e. The Morgan fingerprint density at radius 1 is 0.903 bits per heavy atom. The monoisotopic (exact) mass is 442 g/mol. The Kier molecular flexibility index (Phi) is 6.36. The number of nitrogens with one attached hydrogen (secondary N) is 3.